The van der Waals surface area contributed by atoms with Crippen LogP contribution in [0, 0.1) is 0 Å². The maximum absolute atomic E-state index is 10.5. The zero-order chi connectivity index (χ0) is 11.9. The molecule has 1 saturated heterocycles. The number of benzene rings is 1. The van der Waals surface area contributed by atoms with Crippen molar-refractivity contribution in [3.63, 3.8) is 0 Å². The zero-order valence-corrected chi connectivity index (χ0v) is 10.2. The van der Waals surface area contributed by atoms with Crippen LogP contribution in [0.3, 0.4) is 0 Å². The van der Waals surface area contributed by atoms with Gasteiger partial charge in [-0.3, -0.25) is 9.80 Å². The van der Waals surface area contributed by atoms with Gasteiger partial charge in [-0.1, -0.05) is 30.3 Å². The second kappa shape index (κ2) is 6.52. The van der Waals surface area contributed by atoms with Crippen LogP contribution < -0.4 is 0 Å². The van der Waals surface area contributed by atoms with Crippen LogP contribution in [0.5, 0.6) is 0 Å². The highest BCUT2D eigenvalue weighted by Crippen LogP contribution is 2.08. The van der Waals surface area contributed by atoms with E-state index in [2.05, 4.69) is 40.1 Å². The molecule has 0 aliphatic carbocycles. The van der Waals surface area contributed by atoms with E-state index >= 15 is 0 Å². The van der Waals surface area contributed by atoms with Crippen LogP contribution in [0.4, 0.5) is 0 Å². The molecule has 0 atom stereocenters. The van der Waals surface area contributed by atoms with E-state index in [0.29, 0.717) is 6.54 Å². The van der Waals surface area contributed by atoms with E-state index in [1.165, 1.54) is 5.56 Å². The fourth-order valence-electron chi connectivity index (χ4n) is 2.31. The Morgan fingerprint density at radius 1 is 1.00 bits per heavy atom. The third kappa shape index (κ3) is 3.95. The predicted molar refractivity (Wildman–Crippen MR) is 68.8 cm³/mol. The third-order valence-electron chi connectivity index (χ3n) is 3.26. The Balaban J connectivity index is 1.84. The molecule has 1 heterocycles. The molecule has 1 fully saturated rings. The molecule has 17 heavy (non-hydrogen) atoms. The molecule has 0 N–H and O–H groups in total. The molecule has 0 radical (unpaired) electrons. The first-order valence-corrected chi connectivity index (χ1v) is 6.31. The van der Waals surface area contributed by atoms with E-state index in [1.54, 1.807) is 0 Å². The number of rotatable bonds is 4. The van der Waals surface area contributed by atoms with Crippen LogP contribution in [0.15, 0.2) is 30.3 Å². The lowest BCUT2D eigenvalue weighted by molar-refractivity contribution is -0.108. The van der Waals surface area contributed by atoms with Gasteiger partial charge in [0, 0.05) is 19.6 Å². The average Bonchev–Trinajstić information content (AvgIpc) is 2.57. The summed E-state index contributed by atoms with van der Waals surface area (Å²) in [6, 6.07) is 10.6. The molecule has 2 rings (SSSR count). The van der Waals surface area contributed by atoms with Gasteiger partial charge >= 0.3 is 0 Å². The van der Waals surface area contributed by atoms with E-state index in [1.807, 2.05) is 0 Å². The van der Waals surface area contributed by atoms with Crippen LogP contribution in [0.2, 0.25) is 0 Å². The van der Waals surface area contributed by atoms with Crippen molar-refractivity contribution in [2.75, 3.05) is 32.7 Å². The highest BCUT2D eigenvalue weighted by atomic mass is 16.1. The minimum atomic E-state index is 0.583. The average molecular weight is 232 g/mol. The molecule has 0 bridgehead atoms. The smallest absolute Gasteiger partial charge is 0.133 e. The predicted octanol–water partition coefficient (Wildman–Crippen LogP) is 1.39. The first-order chi connectivity index (χ1) is 8.38. The maximum atomic E-state index is 10.5. The first kappa shape index (κ1) is 12.3. The van der Waals surface area contributed by atoms with Gasteiger partial charge in [-0.2, -0.15) is 0 Å². The fraction of sp³-hybridized carbons (Fsp3) is 0.500. The number of hydrogen-bond donors (Lipinski definition) is 0. The van der Waals surface area contributed by atoms with Gasteiger partial charge in [0.05, 0.1) is 6.54 Å². The molecular formula is C14H20N2O. The third-order valence-corrected chi connectivity index (χ3v) is 3.26. The molecule has 1 aromatic carbocycles. The van der Waals surface area contributed by atoms with E-state index in [9.17, 15) is 4.79 Å². The molecule has 1 aliphatic heterocycles. The first-order valence-electron chi connectivity index (χ1n) is 6.31. The second-order valence-electron chi connectivity index (χ2n) is 4.58. The van der Waals surface area contributed by atoms with Gasteiger partial charge < -0.3 is 4.79 Å². The quantitative estimate of drug-likeness (QED) is 0.733. The van der Waals surface area contributed by atoms with Gasteiger partial charge in [0.15, 0.2) is 0 Å². The summed E-state index contributed by atoms with van der Waals surface area (Å²) >= 11 is 0. The Kier molecular flexibility index (Phi) is 4.71. The lowest BCUT2D eigenvalue weighted by Gasteiger charge is -2.20. The van der Waals surface area contributed by atoms with Gasteiger partial charge in [-0.05, 0) is 25.1 Å². The molecule has 0 spiro atoms. The highest BCUT2D eigenvalue weighted by molar-refractivity contribution is 5.51. The Hall–Kier alpha value is -1.19. The minimum Gasteiger partial charge on any atom is -0.302 e. The Bertz CT molecular complexity index is 339. The van der Waals surface area contributed by atoms with Gasteiger partial charge in [-0.15, -0.1) is 0 Å². The summed E-state index contributed by atoms with van der Waals surface area (Å²) in [5.74, 6) is 0. The van der Waals surface area contributed by atoms with Crippen LogP contribution in [-0.4, -0.2) is 48.8 Å². The molecule has 1 aliphatic rings. The van der Waals surface area contributed by atoms with Gasteiger partial charge in [-0.25, -0.2) is 0 Å². The molecule has 92 valence electrons. The Morgan fingerprint density at radius 2 is 1.71 bits per heavy atom. The van der Waals surface area contributed by atoms with Crippen molar-refractivity contribution >= 4 is 6.29 Å². The topological polar surface area (TPSA) is 23.6 Å². The zero-order valence-electron chi connectivity index (χ0n) is 10.2. The Labute approximate surface area is 103 Å². The largest absolute Gasteiger partial charge is 0.302 e. The second-order valence-corrected chi connectivity index (χ2v) is 4.58. The van der Waals surface area contributed by atoms with E-state index in [4.69, 9.17) is 0 Å². The van der Waals surface area contributed by atoms with Crippen molar-refractivity contribution in [2.45, 2.75) is 13.0 Å². The summed E-state index contributed by atoms with van der Waals surface area (Å²) in [7, 11) is 0. The van der Waals surface area contributed by atoms with E-state index < -0.39 is 0 Å². The summed E-state index contributed by atoms with van der Waals surface area (Å²) in [5.41, 5.74) is 1.37. The van der Waals surface area contributed by atoms with Crippen LogP contribution in [0.1, 0.15) is 12.0 Å². The number of nitrogens with zero attached hydrogens (tertiary/aromatic N) is 2. The van der Waals surface area contributed by atoms with Crippen molar-refractivity contribution in [3.8, 4) is 0 Å². The monoisotopic (exact) mass is 232 g/mol. The van der Waals surface area contributed by atoms with Crippen molar-refractivity contribution in [1.29, 1.82) is 0 Å². The van der Waals surface area contributed by atoms with E-state index in [0.717, 1.165) is 45.4 Å². The van der Waals surface area contributed by atoms with Crippen molar-refractivity contribution in [3.05, 3.63) is 35.9 Å². The summed E-state index contributed by atoms with van der Waals surface area (Å²) < 4.78 is 0. The SMILES string of the molecule is O=CCN1CCCN(Cc2ccccc2)CC1. The lowest BCUT2D eigenvalue weighted by Crippen LogP contribution is -2.31. The normalized spacial score (nSPS) is 18.8. The molecule has 3 heteroatoms. The number of hydrogen-bond acceptors (Lipinski definition) is 3. The van der Waals surface area contributed by atoms with Crippen LogP contribution in [-0.2, 0) is 11.3 Å². The summed E-state index contributed by atoms with van der Waals surface area (Å²) in [5, 5.41) is 0. The van der Waals surface area contributed by atoms with Crippen LogP contribution in [0.25, 0.3) is 0 Å². The Morgan fingerprint density at radius 3 is 2.47 bits per heavy atom. The molecular weight excluding hydrogens is 212 g/mol. The molecule has 3 nitrogen and oxygen atoms in total. The fourth-order valence-corrected chi connectivity index (χ4v) is 2.31. The minimum absolute atomic E-state index is 0.583. The maximum Gasteiger partial charge on any atom is 0.133 e. The van der Waals surface area contributed by atoms with Gasteiger partial charge in [0.2, 0.25) is 0 Å². The number of aldehydes is 1. The molecule has 0 aromatic heterocycles. The molecule has 0 saturated carbocycles. The number of carbonyl (C=O) groups excluding carboxylic acids is 1. The summed E-state index contributed by atoms with van der Waals surface area (Å²) in [6.07, 6.45) is 2.16. The molecule has 0 unspecified atom stereocenters. The van der Waals surface area contributed by atoms with Gasteiger partial charge in [0.1, 0.15) is 6.29 Å². The van der Waals surface area contributed by atoms with Crippen LogP contribution >= 0.6 is 0 Å². The van der Waals surface area contributed by atoms with E-state index in [-0.39, 0.29) is 0 Å². The summed E-state index contributed by atoms with van der Waals surface area (Å²) in [4.78, 5) is 15.2. The van der Waals surface area contributed by atoms with Crippen molar-refractivity contribution < 1.29 is 4.79 Å². The lowest BCUT2D eigenvalue weighted by atomic mass is 10.2. The molecule has 0 amide bonds. The number of carbonyl (C=O) groups is 1. The van der Waals surface area contributed by atoms with Gasteiger partial charge in [0.25, 0.3) is 0 Å². The summed E-state index contributed by atoms with van der Waals surface area (Å²) in [6.45, 7) is 5.84. The van der Waals surface area contributed by atoms with Crippen molar-refractivity contribution in [1.82, 2.24) is 9.80 Å². The van der Waals surface area contributed by atoms with Crippen molar-refractivity contribution in [2.24, 2.45) is 0 Å². The highest BCUT2D eigenvalue weighted by Gasteiger charge is 2.14. The standard InChI is InChI=1S/C14H20N2O/c17-12-11-15-7-4-8-16(10-9-15)13-14-5-2-1-3-6-14/h1-3,5-6,12H,4,7-11,13H2. The molecule has 1 aromatic rings.